The highest BCUT2D eigenvalue weighted by Gasteiger charge is 2.14. The Morgan fingerprint density at radius 1 is 0.889 bits per heavy atom. The predicted octanol–water partition coefficient (Wildman–Crippen LogP) is 5.14. The van der Waals surface area contributed by atoms with Crippen LogP contribution in [0.4, 0.5) is 11.4 Å². The average Bonchev–Trinajstić information content (AvgIpc) is 2.89. The number of pyridine rings is 1. The Morgan fingerprint density at radius 3 is 2.31 bits per heavy atom. The highest BCUT2D eigenvalue weighted by atomic mass is 16.5. The Kier molecular flexibility index (Phi) is 7.59. The Hall–Kier alpha value is -4.26. The van der Waals surface area contributed by atoms with Crippen LogP contribution in [0.5, 0.6) is 11.5 Å². The fraction of sp³-hybridized carbons (Fsp3) is 0.241. The zero-order valence-corrected chi connectivity index (χ0v) is 21.1. The van der Waals surface area contributed by atoms with E-state index in [1.807, 2.05) is 67.6 Å². The van der Waals surface area contributed by atoms with Gasteiger partial charge in [-0.15, -0.1) is 0 Å². The van der Waals surface area contributed by atoms with E-state index in [2.05, 4.69) is 17.6 Å². The maximum atomic E-state index is 13.5. The number of hydrogen-bond acceptors (Lipinski definition) is 5. The maximum absolute atomic E-state index is 13.5. The quantitative estimate of drug-likeness (QED) is 0.343. The molecule has 2 N–H and O–H groups in total. The molecular weight excluding hydrogens is 454 g/mol. The zero-order chi connectivity index (χ0) is 25.7. The first-order valence-corrected chi connectivity index (χ1v) is 11.9. The van der Waals surface area contributed by atoms with Crippen LogP contribution in [0.25, 0.3) is 10.9 Å². The molecule has 0 radical (unpaired) electrons. The van der Waals surface area contributed by atoms with Crippen LogP contribution in [0.2, 0.25) is 0 Å². The summed E-state index contributed by atoms with van der Waals surface area (Å²) in [5, 5.41) is 7.09. The van der Waals surface area contributed by atoms with Gasteiger partial charge in [-0.2, -0.15) is 0 Å². The van der Waals surface area contributed by atoms with Crippen molar-refractivity contribution in [1.29, 1.82) is 0 Å². The number of carbonyl (C=O) groups excluding carboxylic acids is 1. The molecule has 4 aromatic rings. The molecule has 1 aromatic heterocycles. The monoisotopic (exact) mass is 485 g/mol. The van der Waals surface area contributed by atoms with E-state index in [0.29, 0.717) is 22.7 Å². The van der Waals surface area contributed by atoms with Crippen molar-refractivity contribution in [2.24, 2.45) is 0 Å². The molecule has 186 valence electrons. The number of aryl methyl sites for hydroxylation is 2. The van der Waals surface area contributed by atoms with Crippen LogP contribution in [0.3, 0.4) is 0 Å². The fourth-order valence-electron chi connectivity index (χ4n) is 4.14. The molecule has 4 rings (SSSR count). The molecule has 3 aromatic carbocycles. The van der Waals surface area contributed by atoms with E-state index < -0.39 is 0 Å². The van der Waals surface area contributed by atoms with Gasteiger partial charge in [-0.1, -0.05) is 31.2 Å². The van der Waals surface area contributed by atoms with Crippen molar-refractivity contribution in [3.8, 4) is 11.5 Å². The number of anilines is 2. The molecule has 0 fully saturated rings. The lowest BCUT2D eigenvalue weighted by Gasteiger charge is -2.15. The molecular formula is C29H31N3O4. The number of amides is 1. The van der Waals surface area contributed by atoms with E-state index in [-0.39, 0.29) is 24.6 Å². The van der Waals surface area contributed by atoms with Gasteiger partial charge >= 0.3 is 0 Å². The van der Waals surface area contributed by atoms with Crippen molar-refractivity contribution < 1.29 is 14.3 Å². The molecule has 0 aliphatic rings. The number of fused-ring (bicyclic) bond motifs is 1. The second-order valence-electron chi connectivity index (χ2n) is 8.65. The largest absolute Gasteiger partial charge is 0.493 e. The summed E-state index contributed by atoms with van der Waals surface area (Å²) >= 11 is 0. The summed E-state index contributed by atoms with van der Waals surface area (Å²) in [7, 11) is 3.16. The third kappa shape index (κ3) is 5.51. The van der Waals surface area contributed by atoms with Crippen LogP contribution in [0, 0.1) is 6.92 Å². The lowest BCUT2D eigenvalue weighted by molar-refractivity contribution is -0.116. The van der Waals surface area contributed by atoms with E-state index in [1.165, 1.54) is 5.56 Å². The summed E-state index contributed by atoms with van der Waals surface area (Å²) < 4.78 is 12.2. The number of rotatable bonds is 9. The van der Waals surface area contributed by atoms with Crippen molar-refractivity contribution in [2.75, 3.05) is 24.9 Å². The first kappa shape index (κ1) is 24.9. The molecule has 36 heavy (non-hydrogen) atoms. The number of nitrogens with zero attached hydrogens (tertiary/aromatic N) is 1. The number of benzene rings is 3. The Morgan fingerprint density at radius 2 is 1.61 bits per heavy atom. The van der Waals surface area contributed by atoms with Crippen molar-refractivity contribution in [3.05, 3.63) is 93.8 Å². The molecule has 0 saturated heterocycles. The van der Waals surface area contributed by atoms with Crippen molar-refractivity contribution in [2.45, 2.75) is 33.4 Å². The van der Waals surface area contributed by atoms with Crippen molar-refractivity contribution in [1.82, 2.24) is 4.57 Å². The van der Waals surface area contributed by atoms with Gasteiger partial charge < -0.3 is 20.1 Å². The number of carbonyl (C=O) groups is 1. The molecule has 0 saturated carbocycles. The Bertz CT molecular complexity index is 1440. The highest BCUT2D eigenvalue weighted by molar-refractivity contribution is 5.92. The first-order valence-electron chi connectivity index (χ1n) is 11.9. The third-order valence-corrected chi connectivity index (χ3v) is 6.14. The fourth-order valence-corrected chi connectivity index (χ4v) is 4.14. The molecule has 1 heterocycles. The second-order valence-corrected chi connectivity index (χ2v) is 8.65. The molecule has 1 amide bonds. The van der Waals surface area contributed by atoms with E-state index in [1.54, 1.807) is 24.9 Å². The minimum atomic E-state index is -0.255. The summed E-state index contributed by atoms with van der Waals surface area (Å²) in [6.45, 7) is 4.26. The molecule has 7 nitrogen and oxygen atoms in total. The Labute approximate surface area is 210 Å². The van der Waals surface area contributed by atoms with Crippen molar-refractivity contribution >= 4 is 28.2 Å². The summed E-state index contributed by atoms with van der Waals surface area (Å²) in [6, 6.07) is 21.0. The summed E-state index contributed by atoms with van der Waals surface area (Å²) in [6.07, 6.45) is 0.930. The second kappa shape index (κ2) is 11.0. The minimum absolute atomic E-state index is 0.0848. The van der Waals surface area contributed by atoms with Crippen LogP contribution in [-0.2, 0) is 24.3 Å². The minimum Gasteiger partial charge on any atom is -0.493 e. The smallest absolute Gasteiger partial charge is 0.256 e. The summed E-state index contributed by atoms with van der Waals surface area (Å²) in [4.78, 5) is 26.4. The first-order chi connectivity index (χ1) is 17.4. The molecule has 0 atom stereocenters. The van der Waals surface area contributed by atoms with E-state index in [4.69, 9.17) is 9.47 Å². The topological polar surface area (TPSA) is 81.6 Å². The Balaban J connectivity index is 1.61. The molecule has 0 unspecified atom stereocenters. The number of hydrogen-bond donors (Lipinski definition) is 2. The normalized spacial score (nSPS) is 10.8. The number of aromatic nitrogens is 1. The third-order valence-electron chi connectivity index (χ3n) is 6.14. The van der Waals surface area contributed by atoms with Gasteiger partial charge in [0.1, 0.15) is 6.54 Å². The van der Waals surface area contributed by atoms with E-state index >= 15 is 0 Å². The van der Waals surface area contributed by atoms with Gasteiger partial charge in [-0.05, 0) is 66.3 Å². The van der Waals surface area contributed by atoms with Gasteiger partial charge in [-0.25, -0.2) is 0 Å². The molecule has 0 aliphatic carbocycles. The predicted molar refractivity (Wildman–Crippen MR) is 144 cm³/mol. The van der Waals surface area contributed by atoms with Gasteiger partial charge in [0.05, 0.1) is 19.7 Å². The van der Waals surface area contributed by atoms with Crippen LogP contribution < -0.4 is 25.7 Å². The lowest BCUT2D eigenvalue weighted by atomic mass is 10.1. The standard InChI is InChI=1S/C29H31N3O4/c1-5-20-7-10-23(11-8-20)31-28(33)18-32-25-14-19(2)6-9-21(25)15-22(29(32)34)17-30-24-12-13-26(35-3)27(16-24)36-4/h6-16,30H,5,17-18H2,1-4H3,(H,31,33). The number of nitrogens with one attached hydrogen (secondary N) is 2. The zero-order valence-electron chi connectivity index (χ0n) is 21.1. The van der Waals surface area contributed by atoms with Crippen LogP contribution >= 0.6 is 0 Å². The van der Waals surface area contributed by atoms with E-state index in [0.717, 1.165) is 28.6 Å². The lowest BCUT2D eigenvalue weighted by Crippen LogP contribution is -2.30. The highest BCUT2D eigenvalue weighted by Crippen LogP contribution is 2.30. The number of methoxy groups -OCH3 is 2. The van der Waals surface area contributed by atoms with Gasteiger partial charge in [-0.3, -0.25) is 14.2 Å². The maximum Gasteiger partial charge on any atom is 0.256 e. The van der Waals surface area contributed by atoms with Gasteiger partial charge in [0.2, 0.25) is 5.91 Å². The molecule has 0 aliphatic heterocycles. The summed E-state index contributed by atoms with van der Waals surface area (Å²) in [5.74, 6) is 0.966. The van der Waals surface area contributed by atoms with Crippen LogP contribution in [-0.4, -0.2) is 24.7 Å². The van der Waals surface area contributed by atoms with Crippen LogP contribution in [0.15, 0.2) is 71.5 Å². The van der Waals surface area contributed by atoms with Gasteiger partial charge in [0, 0.05) is 29.5 Å². The van der Waals surface area contributed by atoms with Gasteiger partial charge in [0.25, 0.3) is 5.56 Å². The molecule has 0 bridgehead atoms. The molecule has 0 spiro atoms. The average molecular weight is 486 g/mol. The number of ether oxygens (including phenoxy) is 2. The van der Waals surface area contributed by atoms with Crippen LogP contribution in [0.1, 0.15) is 23.6 Å². The van der Waals surface area contributed by atoms with E-state index in [9.17, 15) is 9.59 Å². The van der Waals surface area contributed by atoms with Crippen molar-refractivity contribution in [3.63, 3.8) is 0 Å². The molecule has 7 heteroatoms. The summed E-state index contributed by atoms with van der Waals surface area (Å²) in [5.41, 5.74) is 4.78. The van der Waals surface area contributed by atoms with Gasteiger partial charge in [0.15, 0.2) is 11.5 Å². The SMILES string of the molecule is CCc1ccc(NC(=O)Cn2c(=O)c(CNc3ccc(OC)c(OC)c3)cc3ccc(C)cc32)cc1.